The van der Waals surface area contributed by atoms with Crippen molar-refractivity contribution in [3.8, 4) is 0 Å². The molecule has 0 radical (unpaired) electrons. The van der Waals surface area contributed by atoms with Crippen LogP contribution in [0.25, 0.3) is 5.65 Å². The second kappa shape index (κ2) is 4.68. The van der Waals surface area contributed by atoms with Crippen molar-refractivity contribution in [2.75, 3.05) is 5.32 Å². The number of aryl methyl sites for hydroxylation is 1. The molecule has 0 saturated heterocycles. The molecular formula is C16H25N5. The van der Waals surface area contributed by atoms with Crippen molar-refractivity contribution < 1.29 is 0 Å². The van der Waals surface area contributed by atoms with E-state index in [1.54, 1.807) is 0 Å². The summed E-state index contributed by atoms with van der Waals surface area (Å²) in [6.45, 7) is 11.4. The van der Waals surface area contributed by atoms with Gasteiger partial charge in [0.2, 0.25) is 5.65 Å². The Balaban J connectivity index is 1.88. The quantitative estimate of drug-likeness (QED) is 0.919. The second-order valence-corrected chi connectivity index (χ2v) is 7.97. The van der Waals surface area contributed by atoms with E-state index in [1.807, 2.05) is 23.7 Å². The minimum Gasteiger partial charge on any atom is -0.364 e. The average Bonchev–Trinajstić information content (AvgIpc) is 2.68. The first kappa shape index (κ1) is 14.3. The van der Waals surface area contributed by atoms with Gasteiger partial charge in [0.25, 0.3) is 0 Å². The second-order valence-electron chi connectivity index (χ2n) is 7.97. The summed E-state index contributed by atoms with van der Waals surface area (Å²) >= 11 is 0. The molecule has 1 aliphatic carbocycles. The maximum Gasteiger partial charge on any atom is 0.203 e. The van der Waals surface area contributed by atoms with Crippen LogP contribution in [0.2, 0.25) is 0 Å². The van der Waals surface area contributed by atoms with Gasteiger partial charge in [0.05, 0.1) is 0 Å². The molecule has 2 heterocycles. The highest BCUT2D eigenvalue weighted by atomic mass is 15.3. The molecule has 1 saturated carbocycles. The molecule has 1 aliphatic rings. The molecule has 1 fully saturated rings. The van der Waals surface area contributed by atoms with E-state index in [1.165, 1.54) is 6.42 Å². The molecule has 5 heteroatoms. The summed E-state index contributed by atoms with van der Waals surface area (Å²) in [7, 11) is 0. The predicted molar refractivity (Wildman–Crippen MR) is 84.3 cm³/mol. The monoisotopic (exact) mass is 287 g/mol. The number of aromatic nitrogens is 4. The lowest BCUT2D eigenvalue weighted by molar-refractivity contribution is 0.105. The van der Waals surface area contributed by atoms with Crippen LogP contribution >= 0.6 is 0 Å². The molecule has 2 aromatic heterocycles. The molecule has 0 aliphatic heterocycles. The van der Waals surface area contributed by atoms with E-state index in [-0.39, 0.29) is 0 Å². The standard InChI is InChI=1S/C16H25N5/c1-11-19-20-14-13(17-6-7-21(11)14)18-12-8-15(2,3)10-16(4,5)9-12/h6-7,12H,8-10H2,1-5H3,(H,17,18). The fourth-order valence-corrected chi connectivity index (χ4v) is 4.18. The average molecular weight is 287 g/mol. The van der Waals surface area contributed by atoms with Crippen molar-refractivity contribution >= 4 is 11.5 Å². The summed E-state index contributed by atoms with van der Waals surface area (Å²) in [6.07, 6.45) is 7.30. The zero-order valence-electron chi connectivity index (χ0n) is 13.6. The van der Waals surface area contributed by atoms with Crippen molar-refractivity contribution in [2.45, 2.75) is 59.9 Å². The van der Waals surface area contributed by atoms with Gasteiger partial charge in [0.1, 0.15) is 5.82 Å². The Labute approximate surface area is 126 Å². The van der Waals surface area contributed by atoms with Gasteiger partial charge in [0, 0.05) is 18.4 Å². The first-order valence-electron chi connectivity index (χ1n) is 7.69. The topological polar surface area (TPSA) is 55.1 Å². The molecule has 3 rings (SSSR count). The van der Waals surface area contributed by atoms with Gasteiger partial charge >= 0.3 is 0 Å². The van der Waals surface area contributed by atoms with E-state index >= 15 is 0 Å². The molecule has 0 aromatic carbocycles. The number of rotatable bonds is 2. The fourth-order valence-electron chi connectivity index (χ4n) is 4.18. The molecule has 0 spiro atoms. The number of nitrogens with one attached hydrogen (secondary N) is 1. The zero-order chi connectivity index (χ0) is 15.3. The molecule has 0 bridgehead atoms. The third-order valence-electron chi connectivity index (χ3n) is 4.39. The molecule has 21 heavy (non-hydrogen) atoms. The Morgan fingerprint density at radius 2 is 1.81 bits per heavy atom. The molecule has 114 valence electrons. The maximum atomic E-state index is 4.48. The van der Waals surface area contributed by atoms with Crippen LogP contribution in [-0.2, 0) is 0 Å². The largest absolute Gasteiger partial charge is 0.364 e. The lowest BCUT2D eigenvalue weighted by Gasteiger charge is -2.45. The summed E-state index contributed by atoms with van der Waals surface area (Å²) in [6, 6.07) is 0.430. The Kier molecular flexibility index (Phi) is 3.19. The Hall–Kier alpha value is -1.65. The lowest BCUT2D eigenvalue weighted by atomic mass is 9.63. The Morgan fingerprint density at radius 1 is 1.14 bits per heavy atom. The van der Waals surface area contributed by atoms with Gasteiger partial charge in [-0.05, 0) is 37.0 Å². The molecule has 0 atom stereocenters. The van der Waals surface area contributed by atoms with E-state index in [0.29, 0.717) is 16.9 Å². The minimum absolute atomic E-state index is 0.355. The van der Waals surface area contributed by atoms with Crippen molar-refractivity contribution in [1.82, 2.24) is 19.6 Å². The Morgan fingerprint density at radius 3 is 2.48 bits per heavy atom. The van der Waals surface area contributed by atoms with Gasteiger partial charge in [-0.1, -0.05) is 27.7 Å². The van der Waals surface area contributed by atoms with E-state index in [4.69, 9.17) is 0 Å². The van der Waals surface area contributed by atoms with E-state index in [0.717, 1.165) is 30.1 Å². The van der Waals surface area contributed by atoms with Crippen LogP contribution in [0, 0.1) is 17.8 Å². The van der Waals surface area contributed by atoms with Crippen molar-refractivity contribution in [1.29, 1.82) is 0 Å². The summed E-state index contributed by atoms with van der Waals surface area (Å²) in [5, 5.41) is 12.0. The highest BCUT2D eigenvalue weighted by Crippen LogP contribution is 2.46. The van der Waals surface area contributed by atoms with Gasteiger partial charge in [-0.15, -0.1) is 10.2 Å². The highest BCUT2D eigenvalue weighted by Gasteiger charge is 2.38. The number of fused-ring (bicyclic) bond motifs is 1. The maximum absolute atomic E-state index is 4.48. The molecule has 0 amide bonds. The van der Waals surface area contributed by atoms with Gasteiger partial charge in [0.15, 0.2) is 5.82 Å². The van der Waals surface area contributed by atoms with Gasteiger partial charge in [-0.2, -0.15) is 0 Å². The first-order valence-corrected chi connectivity index (χ1v) is 7.69. The number of hydrogen-bond donors (Lipinski definition) is 1. The molecule has 5 nitrogen and oxygen atoms in total. The van der Waals surface area contributed by atoms with Crippen LogP contribution in [-0.4, -0.2) is 25.6 Å². The number of hydrogen-bond acceptors (Lipinski definition) is 4. The van der Waals surface area contributed by atoms with Crippen molar-refractivity contribution in [2.24, 2.45) is 10.8 Å². The Bertz CT molecular complexity index is 640. The van der Waals surface area contributed by atoms with Crippen LogP contribution < -0.4 is 5.32 Å². The SMILES string of the molecule is Cc1nnc2c(NC3CC(C)(C)CC(C)(C)C3)nccn12. The third-order valence-corrected chi connectivity index (χ3v) is 4.39. The molecule has 1 N–H and O–H groups in total. The number of anilines is 1. The number of nitrogens with zero attached hydrogens (tertiary/aromatic N) is 4. The normalized spacial score (nSPS) is 21.6. The molecule has 2 aromatic rings. The smallest absolute Gasteiger partial charge is 0.203 e. The van der Waals surface area contributed by atoms with Crippen molar-refractivity contribution in [3.63, 3.8) is 0 Å². The summed E-state index contributed by atoms with van der Waals surface area (Å²) in [5.41, 5.74) is 1.53. The first-order chi connectivity index (χ1) is 9.76. The van der Waals surface area contributed by atoms with Gasteiger partial charge < -0.3 is 5.32 Å². The summed E-state index contributed by atoms with van der Waals surface area (Å²) < 4.78 is 1.98. The highest BCUT2D eigenvalue weighted by molar-refractivity contribution is 5.62. The van der Waals surface area contributed by atoms with Crippen molar-refractivity contribution in [3.05, 3.63) is 18.2 Å². The van der Waals surface area contributed by atoms with Crippen LogP contribution in [0.15, 0.2) is 12.4 Å². The zero-order valence-corrected chi connectivity index (χ0v) is 13.6. The summed E-state index contributed by atoms with van der Waals surface area (Å²) in [5.74, 6) is 1.73. The third kappa shape index (κ3) is 2.87. The fraction of sp³-hybridized carbons (Fsp3) is 0.688. The van der Waals surface area contributed by atoms with Crippen LogP contribution in [0.1, 0.15) is 52.8 Å². The lowest BCUT2D eigenvalue weighted by Crippen LogP contribution is -2.40. The van der Waals surface area contributed by atoms with E-state index in [9.17, 15) is 0 Å². The summed E-state index contributed by atoms with van der Waals surface area (Å²) in [4.78, 5) is 4.48. The van der Waals surface area contributed by atoms with Gasteiger partial charge in [-0.3, -0.25) is 4.40 Å². The van der Waals surface area contributed by atoms with E-state index < -0.39 is 0 Å². The van der Waals surface area contributed by atoms with Crippen LogP contribution in [0.5, 0.6) is 0 Å². The predicted octanol–water partition coefficient (Wildman–Crippen LogP) is 3.45. The molecular weight excluding hydrogens is 262 g/mol. The van der Waals surface area contributed by atoms with Gasteiger partial charge in [-0.25, -0.2) is 4.98 Å². The van der Waals surface area contributed by atoms with Crippen LogP contribution in [0.4, 0.5) is 5.82 Å². The molecule has 0 unspecified atom stereocenters. The van der Waals surface area contributed by atoms with Crippen LogP contribution in [0.3, 0.4) is 0 Å². The minimum atomic E-state index is 0.355. The van der Waals surface area contributed by atoms with E-state index in [2.05, 4.69) is 48.2 Å².